The standard InChI is InChI=1S/C24H26P.HI/c1-5-13-21(14-6-1)25(22-15-7-2-8-16-22,23-17-9-3-10-18-23)24-19-11-4-12-20-24;/h1-3,5-10,13-18,24H,4,11-12,19-20H2;1H/q+1;. The van der Waals surface area contributed by atoms with E-state index in [2.05, 4.69) is 91.0 Å². The summed E-state index contributed by atoms with van der Waals surface area (Å²) in [6.07, 6.45) is 6.85. The average molecular weight is 473 g/mol. The number of rotatable bonds is 4. The molecule has 0 radical (unpaired) electrons. The molecule has 0 aromatic heterocycles. The lowest BCUT2D eigenvalue weighted by molar-refractivity contribution is 0.511. The van der Waals surface area contributed by atoms with E-state index in [1.807, 2.05) is 0 Å². The monoisotopic (exact) mass is 473 g/mol. The summed E-state index contributed by atoms with van der Waals surface area (Å²) in [5, 5.41) is 4.62. The van der Waals surface area contributed by atoms with E-state index in [-0.39, 0.29) is 24.0 Å². The van der Waals surface area contributed by atoms with Crippen molar-refractivity contribution in [3.8, 4) is 0 Å². The second-order valence-corrected chi connectivity index (χ2v) is 10.7. The zero-order chi connectivity index (χ0) is 17.0. The van der Waals surface area contributed by atoms with Gasteiger partial charge in [0.2, 0.25) is 0 Å². The Morgan fingerprint density at radius 1 is 0.500 bits per heavy atom. The van der Waals surface area contributed by atoms with Crippen molar-refractivity contribution in [3.63, 3.8) is 0 Å². The number of hydrogen-bond donors (Lipinski definition) is 0. The Bertz CT molecular complexity index is 684. The van der Waals surface area contributed by atoms with Crippen LogP contribution in [0.2, 0.25) is 0 Å². The summed E-state index contributed by atoms with van der Waals surface area (Å²) < 4.78 is 0. The SMILES string of the molecule is I.c1ccc([P+](c2ccccc2)(c2ccccc2)C2CCCCC2)cc1. The fraction of sp³-hybridized carbons (Fsp3) is 0.250. The lowest BCUT2D eigenvalue weighted by Gasteiger charge is -2.36. The highest BCUT2D eigenvalue weighted by Crippen LogP contribution is 2.63. The molecule has 0 heterocycles. The highest BCUT2D eigenvalue weighted by atomic mass is 127. The summed E-state index contributed by atoms with van der Waals surface area (Å²) in [4.78, 5) is 0. The topological polar surface area (TPSA) is 0 Å². The summed E-state index contributed by atoms with van der Waals surface area (Å²) in [7, 11) is -1.63. The molecule has 2 heteroatoms. The van der Waals surface area contributed by atoms with Gasteiger partial charge in [0.1, 0.15) is 23.2 Å². The van der Waals surface area contributed by atoms with Crippen LogP contribution in [-0.4, -0.2) is 5.66 Å². The summed E-state index contributed by atoms with van der Waals surface area (Å²) >= 11 is 0. The van der Waals surface area contributed by atoms with Gasteiger partial charge >= 0.3 is 0 Å². The van der Waals surface area contributed by atoms with Crippen molar-refractivity contribution in [2.75, 3.05) is 0 Å². The first-order valence-electron chi connectivity index (χ1n) is 9.48. The first kappa shape index (κ1) is 19.6. The number of hydrogen-bond acceptors (Lipinski definition) is 0. The predicted octanol–water partition coefficient (Wildman–Crippen LogP) is 5.93. The van der Waals surface area contributed by atoms with Gasteiger partial charge in [-0.3, -0.25) is 0 Å². The van der Waals surface area contributed by atoms with Crippen LogP contribution in [0.3, 0.4) is 0 Å². The van der Waals surface area contributed by atoms with E-state index in [4.69, 9.17) is 0 Å². The highest BCUT2D eigenvalue weighted by molar-refractivity contribution is 14.0. The van der Waals surface area contributed by atoms with Crippen LogP contribution in [0.4, 0.5) is 0 Å². The molecule has 3 aromatic rings. The molecule has 0 bridgehead atoms. The molecule has 134 valence electrons. The Hall–Kier alpha value is -1.18. The van der Waals surface area contributed by atoms with Gasteiger partial charge in [0.15, 0.2) is 0 Å². The molecule has 0 atom stereocenters. The number of halogens is 1. The molecule has 1 aliphatic rings. The molecular formula is C24H27IP+. The Kier molecular flexibility index (Phi) is 6.89. The van der Waals surface area contributed by atoms with Crippen LogP contribution in [0.1, 0.15) is 32.1 Å². The van der Waals surface area contributed by atoms with E-state index >= 15 is 0 Å². The molecule has 4 rings (SSSR count). The first-order chi connectivity index (χ1) is 12.4. The molecule has 26 heavy (non-hydrogen) atoms. The second-order valence-electron chi connectivity index (χ2n) is 7.02. The molecule has 0 unspecified atom stereocenters. The van der Waals surface area contributed by atoms with Crippen molar-refractivity contribution < 1.29 is 0 Å². The van der Waals surface area contributed by atoms with E-state index in [9.17, 15) is 0 Å². The van der Waals surface area contributed by atoms with Gasteiger partial charge in [-0.15, -0.1) is 24.0 Å². The van der Waals surface area contributed by atoms with E-state index in [0.717, 1.165) is 5.66 Å². The maximum atomic E-state index is 2.38. The molecule has 0 aliphatic heterocycles. The zero-order valence-corrected chi connectivity index (χ0v) is 18.4. The molecule has 0 amide bonds. The van der Waals surface area contributed by atoms with Crippen molar-refractivity contribution in [1.82, 2.24) is 0 Å². The second kappa shape index (κ2) is 9.15. The predicted molar refractivity (Wildman–Crippen MR) is 127 cm³/mol. The van der Waals surface area contributed by atoms with Gasteiger partial charge in [-0.25, -0.2) is 0 Å². The van der Waals surface area contributed by atoms with Crippen LogP contribution in [0.25, 0.3) is 0 Å². The lowest BCUT2D eigenvalue weighted by atomic mass is 10.0. The average Bonchev–Trinajstić information content (AvgIpc) is 2.72. The van der Waals surface area contributed by atoms with Gasteiger partial charge in [-0.1, -0.05) is 61.0 Å². The maximum Gasteiger partial charge on any atom is 0.115 e. The maximum absolute atomic E-state index is 2.38. The molecule has 1 saturated carbocycles. The van der Waals surface area contributed by atoms with Gasteiger partial charge in [0.05, 0.1) is 5.66 Å². The van der Waals surface area contributed by atoms with Crippen molar-refractivity contribution in [2.24, 2.45) is 0 Å². The molecule has 3 aromatic carbocycles. The Morgan fingerprint density at radius 3 is 1.19 bits per heavy atom. The van der Waals surface area contributed by atoms with Crippen LogP contribution in [0, 0.1) is 0 Å². The Morgan fingerprint density at radius 2 is 0.846 bits per heavy atom. The van der Waals surface area contributed by atoms with Crippen molar-refractivity contribution in [3.05, 3.63) is 91.0 Å². The lowest BCUT2D eigenvalue weighted by Crippen LogP contribution is -2.39. The van der Waals surface area contributed by atoms with Gasteiger partial charge in [-0.2, -0.15) is 0 Å². The summed E-state index contributed by atoms with van der Waals surface area (Å²) in [5.74, 6) is 0. The fourth-order valence-corrected chi connectivity index (χ4v) is 9.76. The summed E-state index contributed by atoms with van der Waals surface area (Å²) in [6, 6.07) is 34.0. The summed E-state index contributed by atoms with van der Waals surface area (Å²) in [5.41, 5.74) is 0.758. The normalized spacial score (nSPS) is 15.2. The van der Waals surface area contributed by atoms with Crippen molar-refractivity contribution in [2.45, 2.75) is 37.8 Å². The van der Waals surface area contributed by atoms with E-state index in [1.54, 1.807) is 15.9 Å². The Balaban J connectivity index is 0.00000196. The van der Waals surface area contributed by atoms with E-state index in [0.29, 0.717) is 0 Å². The van der Waals surface area contributed by atoms with Gasteiger partial charge < -0.3 is 0 Å². The molecule has 1 aliphatic carbocycles. The van der Waals surface area contributed by atoms with Crippen LogP contribution in [-0.2, 0) is 0 Å². The van der Waals surface area contributed by atoms with Crippen molar-refractivity contribution >= 4 is 47.2 Å². The smallest absolute Gasteiger partial charge is 0.107 e. The first-order valence-corrected chi connectivity index (χ1v) is 11.3. The van der Waals surface area contributed by atoms with Gasteiger partial charge in [0, 0.05) is 0 Å². The van der Waals surface area contributed by atoms with Gasteiger partial charge in [-0.05, 0) is 62.1 Å². The van der Waals surface area contributed by atoms with Crippen LogP contribution >= 0.6 is 31.2 Å². The minimum atomic E-state index is -1.63. The highest BCUT2D eigenvalue weighted by Gasteiger charge is 2.51. The third-order valence-corrected chi connectivity index (χ3v) is 10.6. The molecule has 1 fully saturated rings. The van der Waals surface area contributed by atoms with Crippen LogP contribution in [0.15, 0.2) is 91.0 Å². The zero-order valence-electron chi connectivity index (χ0n) is 15.1. The quantitative estimate of drug-likeness (QED) is 0.326. The number of benzene rings is 3. The third kappa shape index (κ3) is 3.62. The molecule has 0 spiro atoms. The molecule has 0 nitrogen and oxygen atoms in total. The Labute approximate surface area is 175 Å². The van der Waals surface area contributed by atoms with Crippen LogP contribution in [0.5, 0.6) is 0 Å². The minimum Gasteiger partial charge on any atom is -0.107 e. The van der Waals surface area contributed by atoms with E-state index < -0.39 is 7.26 Å². The molecule has 0 saturated heterocycles. The van der Waals surface area contributed by atoms with E-state index in [1.165, 1.54) is 32.1 Å². The van der Waals surface area contributed by atoms with Crippen LogP contribution < -0.4 is 15.9 Å². The van der Waals surface area contributed by atoms with Gasteiger partial charge in [0.25, 0.3) is 0 Å². The largest absolute Gasteiger partial charge is 0.115 e. The minimum absolute atomic E-state index is 0. The fourth-order valence-electron chi connectivity index (χ4n) is 4.54. The van der Waals surface area contributed by atoms with Crippen molar-refractivity contribution in [1.29, 1.82) is 0 Å². The third-order valence-electron chi connectivity index (χ3n) is 5.61. The summed E-state index contributed by atoms with van der Waals surface area (Å²) in [6.45, 7) is 0. The molecular weight excluding hydrogens is 446 g/mol. The molecule has 0 N–H and O–H groups in total.